The maximum absolute atomic E-state index is 12.9. The average Bonchev–Trinajstić information content (AvgIpc) is 2.25. The van der Waals surface area contributed by atoms with E-state index >= 15 is 0 Å². The number of nitrogens with two attached hydrogens (primary N) is 1. The highest BCUT2D eigenvalue weighted by Gasteiger charge is 2.04. The molecule has 0 radical (unpaired) electrons. The number of halogens is 3. The van der Waals surface area contributed by atoms with Gasteiger partial charge in [-0.2, -0.15) is 0 Å². The highest BCUT2D eigenvalue weighted by molar-refractivity contribution is 9.10. The zero-order valence-electron chi connectivity index (χ0n) is 8.68. The highest BCUT2D eigenvalue weighted by Crippen LogP contribution is 2.30. The zero-order valence-corrected chi connectivity index (χ0v) is 11.8. The van der Waals surface area contributed by atoms with E-state index in [0.29, 0.717) is 10.2 Å². The first-order valence-corrected chi connectivity index (χ1v) is 6.42. The van der Waals surface area contributed by atoms with Gasteiger partial charge in [-0.05, 0) is 52.3 Å². The van der Waals surface area contributed by atoms with Gasteiger partial charge in [0.05, 0.1) is 17.1 Å². The number of rotatable bonds is 2. The first-order valence-electron chi connectivity index (χ1n) is 4.83. The van der Waals surface area contributed by atoms with Crippen molar-refractivity contribution in [1.82, 2.24) is 0 Å². The minimum Gasteiger partial charge on any atom is -0.397 e. The van der Waals surface area contributed by atoms with Crippen molar-refractivity contribution in [3.8, 4) is 0 Å². The lowest BCUT2D eigenvalue weighted by atomic mass is 10.2. The Morgan fingerprint density at radius 3 is 2.35 bits per heavy atom. The Morgan fingerprint density at radius 2 is 1.71 bits per heavy atom. The lowest BCUT2D eigenvalue weighted by molar-refractivity contribution is 0.627. The summed E-state index contributed by atoms with van der Waals surface area (Å²) in [6.45, 7) is 0. The zero-order chi connectivity index (χ0) is 12.4. The van der Waals surface area contributed by atoms with E-state index in [1.165, 1.54) is 12.1 Å². The molecule has 0 unspecified atom stereocenters. The van der Waals surface area contributed by atoms with E-state index in [2.05, 4.69) is 37.2 Å². The van der Waals surface area contributed by atoms with Crippen molar-refractivity contribution in [3.05, 3.63) is 51.2 Å². The first-order chi connectivity index (χ1) is 8.06. The van der Waals surface area contributed by atoms with Gasteiger partial charge in [0, 0.05) is 8.95 Å². The molecule has 0 aliphatic carbocycles. The average molecular weight is 360 g/mol. The molecule has 0 saturated heterocycles. The maximum atomic E-state index is 12.9. The highest BCUT2D eigenvalue weighted by atomic mass is 79.9. The third-order valence-electron chi connectivity index (χ3n) is 2.21. The molecule has 2 nitrogen and oxygen atoms in total. The summed E-state index contributed by atoms with van der Waals surface area (Å²) in [5, 5.41) is 3.14. The molecule has 0 spiro atoms. The van der Waals surface area contributed by atoms with Gasteiger partial charge in [-0.25, -0.2) is 4.39 Å². The van der Waals surface area contributed by atoms with Gasteiger partial charge in [0.2, 0.25) is 0 Å². The predicted octanol–water partition coefficient (Wildman–Crippen LogP) is 4.68. The summed E-state index contributed by atoms with van der Waals surface area (Å²) >= 11 is 6.63. The molecule has 0 fully saturated rings. The minimum absolute atomic E-state index is 0.286. The molecular weight excluding hydrogens is 351 g/mol. The summed E-state index contributed by atoms with van der Waals surface area (Å²) in [6, 6.07) is 9.99. The molecule has 3 N–H and O–H groups in total. The molecule has 2 rings (SSSR count). The van der Waals surface area contributed by atoms with Crippen LogP contribution in [0.15, 0.2) is 45.3 Å². The summed E-state index contributed by atoms with van der Waals surface area (Å²) < 4.78 is 14.5. The van der Waals surface area contributed by atoms with Crippen molar-refractivity contribution in [2.24, 2.45) is 0 Å². The van der Waals surface area contributed by atoms with E-state index in [0.717, 1.165) is 15.8 Å². The first kappa shape index (κ1) is 12.4. The van der Waals surface area contributed by atoms with E-state index in [1.807, 2.05) is 12.1 Å². The third kappa shape index (κ3) is 2.98. The Balaban J connectivity index is 2.31. The van der Waals surface area contributed by atoms with Crippen molar-refractivity contribution >= 4 is 48.9 Å². The van der Waals surface area contributed by atoms with E-state index in [9.17, 15) is 4.39 Å². The molecule has 0 heterocycles. The topological polar surface area (TPSA) is 38.0 Å². The quantitative estimate of drug-likeness (QED) is 0.764. The lowest BCUT2D eigenvalue weighted by Gasteiger charge is -2.11. The van der Waals surface area contributed by atoms with Gasteiger partial charge in [-0.1, -0.05) is 15.9 Å². The molecule has 0 atom stereocenters. The Labute approximate surface area is 115 Å². The predicted molar refractivity (Wildman–Crippen MR) is 75.9 cm³/mol. The van der Waals surface area contributed by atoms with Crippen LogP contribution in [0.5, 0.6) is 0 Å². The SMILES string of the molecule is Nc1cc(Br)ccc1Nc1ccc(F)cc1Br. The van der Waals surface area contributed by atoms with Crippen LogP contribution >= 0.6 is 31.9 Å². The fourth-order valence-corrected chi connectivity index (χ4v) is 2.21. The molecule has 0 saturated carbocycles. The molecule has 2 aromatic rings. The number of nitrogens with one attached hydrogen (secondary N) is 1. The molecule has 5 heteroatoms. The molecule has 0 amide bonds. The number of nitrogen functional groups attached to an aromatic ring is 1. The molecule has 0 aromatic heterocycles. The van der Waals surface area contributed by atoms with Crippen LogP contribution in [0.3, 0.4) is 0 Å². The number of benzene rings is 2. The second-order valence-corrected chi connectivity index (χ2v) is 5.25. The smallest absolute Gasteiger partial charge is 0.124 e. The van der Waals surface area contributed by atoms with E-state index in [4.69, 9.17) is 5.73 Å². The van der Waals surface area contributed by atoms with Crippen LogP contribution in [-0.4, -0.2) is 0 Å². The van der Waals surface area contributed by atoms with E-state index in [1.54, 1.807) is 12.1 Å². The summed E-state index contributed by atoms with van der Waals surface area (Å²) in [4.78, 5) is 0. The monoisotopic (exact) mass is 358 g/mol. The van der Waals surface area contributed by atoms with Gasteiger partial charge >= 0.3 is 0 Å². The Hall–Kier alpha value is -1.07. The molecule has 2 aromatic carbocycles. The van der Waals surface area contributed by atoms with Gasteiger partial charge in [-0.3, -0.25) is 0 Å². The summed E-state index contributed by atoms with van der Waals surface area (Å²) in [7, 11) is 0. The van der Waals surface area contributed by atoms with Crippen molar-refractivity contribution in [1.29, 1.82) is 0 Å². The fourth-order valence-electron chi connectivity index (χ4n) is 1.38. The van der Waals surface area contributed by atoms with Gasteiger partial charge in [0.1, 0.15) is 5.82 Å². The van der Waals surface area contributed by atoms with Crippen LogP contribution in [0.2, 0.25) is 0 Å². The van der Waals surface area contributed by atoms with E-state index in [-0.39, 0.29) is 5.82 Å². The van der Waals surface area contributed by atoms with Crippen LogP contribution in [0.1, 0.15) is 0 Å². The van der Waals surface area contributed by atoms with Gasteiger partial charge in [-0.15, -0.1) is 0 Å². The van der Waals surface area contributed by atoms with Gasteiger partial charge < -0.3 is 11.1 Å². The molecule has 0 bridgehead atoms. The Bertz CT molecular complexity index is 509. The minimum atomic E-state index is -0.286. The van der Waals surface area contributed by atoms with Crippen molar-refractivity contribution in [3.63, 3.8) is 0 Å². The summed E-state index contributed by atoms with van der Waals surface area (Å²) in [5.74, 6) is -0.286. The number of hydrogen-bond acceptors (Lipinski definition) is 2. The van der Waals surface area contributed by atoms with Gasteiger partial charge in [0.25, 0.3) is 0 Å². The fraction of sp³-hybridized carbons (Fsp3) is 0. The van der Waals surface area contributed by atoms with Crippen LogP contribution in [0, 0.1) is 5.82 Å². The molecule has 17 heavy (non-hydrogen) atoms. The number of anilines is 3. The normalized spacial score (nSPS) is 10.3. The maximum Gasteiger partial charge on any atom is 0.124 e. The van der Waals surface area contributed by atoms with Crippen molar-refractivity contribution < 1.29 is 4.39 Å². The lowest BCUT2D eigenvalue weighted by Crippen LogP contribution is -1.97. The molecule has 0 aliphatic heterocycles. The Morgan fingerprint density at radius 1 is 1.00 bits per heavy atom. The second kappa shape index (κ2) is 5.06. The standard InChI is InChI=1S/C12H9Br2FN2/c13-7-1-3-12(10(16)5-7)17-11-4-2-8(15)6-9(11)14/h1-6,17H,16H2. The van der Waals surface area contributed by atoms with Crippen LogP contribution < -0.4 is 11.1 Å². The molecule has 0 aliphatic rings. The summed E-state index contributed by atoms with van der Waals surface area (Å²) in [6.07, 6.45) is 0. The van der Waals surface area contributed by atoms with Gasteiger partial charge in [0.15, 0.2) is 0 Å². The third-order valence-corrected chi connectivity index (χ3v) is 3.36. The van der Waals surface area contributed by atoms with Crippen LogP contribution in [0.25, 0.3) is 0 Å². The second-order valence-electron chi connectivity index (χ2n) is 3.48. The van der Waals surface area contributed by atoms with Crippen molar-refractivity contribution in [2.45, 2.75) is 0 Å². The number of hydrogen-bond donors (Lipinski definition) is 2. The molecular formula is C12H9Br2FN2. The van der Waals surface area contributed by atoms with E-state index < -0.39 is 0 Å². The summed E-state index contributed by atoms with van der Waals surface area (Å²) in [5.41, 5.74) is 8.03. The van der Waals surface area contributed by atoms with Crippen molar-refractivity contribution in [2.75, 3.05) is 11.1 Å². The Kier molecular flexibility index (Phi) is 3.69. The van der Waals surface area contributed by atoms with Crippen LogP contribution in [0.4, 0.5) is 21.5 Å². The van der Waals surface area contributed by atoms with Crippen LogP contribution in [-0.2, 0) is 0 Å². The molecule has 88 valence electrons. The largest absolute Gasteiger partial charge is 0.397 e.